The molecule has 56 heavy (non-hydrogen) atoms. The monoisotopic (exact) mass is 878 g/mol. The minimum atomic E-state index is -6.46. The van der Waals surface area contributed by atoms with Crippen molar-refractivity contribution >= 4 is 48.5 Å². The quantitative estimate of drug-likeness (QED) is 0.161. The lowest BCUT2D eigenvalue weighted by Crippen LogP contribution is -2.45. The van der Waals surface area contributed by atoms with Gasteiger partial charge >= 0.3 is 31.3 Å². The highest BCUT2D eigenvalue weighted by atomic mass is 32.2. The molecule has 0 aromatic heterocycles. The summed E-state index contributed by atoms with van der Waals surface area (Å²) in [6.07, 6.45) is 0. The summed E-state index contributed by atoms with van der Waals surface area (Å²) >= 11 is 0. The van der Waals surface area contributed by atoms with Crippen LogP contribution >= 0.6 is 16.9 Å². The summed E-state index contributed by atoms with van der Waals surface area (Å²) in [5.74, 6) is 0. The topological polar surface area (TPSA) is 93.2 Å². The Bertz CT molecular complexity index is 1820. The minimum absolute atomic E-state index is 0.0298. The summed E-state index contributed by atoms with van der Waals surface area (Å²) in [5.41, 5.74) is -13.2. The third-order valence-corrected chi connectivity index (χ3v) is 16.8. The first-order valence-corrected chi connectivity index (χ1v) is 23.1. The van der Waals surface area contributed by atoms with Gasteiger partial charge in [-0.15, -0.1) is 0 Å². The van der Waals surface area contributed by atoms with E-state index >= 15 is 0 Å². The lowest BCUT2D eigenvalue weighted by molar-refractivity contribution is -0.0499. The van der Waals surface area contributed by atoms with Crippen molar-refractivity contribution in [3.8, 4) is 0 Å². The first kappa shape index (κ1) is 48.7. The van der Waals surface area contributed by atoms with Crippen molar-refractivity contribution in [1.29, 1.82) is 0 Å². The largest absolute Gasteiger partial charge is 0.523 e. The Morgan fingerprint density at radius 1 is 0.411 bits per heavy atom. The number of hydrogen-bond acceptors (Lipinski definition) is 8. The minimum Gasteiger partial charge on any atom is -0.246 e. The van der Waals surface area contributed by atoms with E-state index in [9.17, 15) is 43.2 Å². The molecule has 0 saturated carbocycles. The van der Waals surface area contributed by atoms with E-state index in [4.69, 9.17) is 7.94 Å². The lowest BCUT2D eigenvalue weighted by Gasteiger charge is -2.57. The fourth-order valence-corrected chi connectivity index (χ4v) is 13.4. The molecule has 0 amide bonds. The highest BCUT2D eigenvalue weighted by Gasteiger charge is 2.64. The van der Waals surface area contributed by atoms with Gasteiger partial charge in [0.1, 0.15) is 0 Å². The molecule has 2 aromatic rings. The van der Waals surface area contributed by atoms with Crippen LogP contribution in [0.2, 0.25) is 0 Å². The van der Waals surface area contributed by atoms with E-state index in [0.717, 1.165) is 20.0 Å². The molecule has 0 radical (unpaired) electrons. The molecule has 3 rings (SSSR count). The molecule has 320 valence electrons. The van der Waals surface area contributed by atoms with E-state index in [1.807, 2.05) is 41.5 Å². The number of rotatable bonds is 6. The first-order chi connectivity index (χ1) is 24.4. The molecular weight excluding hydrogens is 820 g/mol. The van der Waals surface area contributed by atoms with Gasteiger partial charge in [-0.05, 0) is 65.9 Å². The molecule has 1 heterocycles. The molecule has 0 bridgehead atoms. The summed E-state index contributed by atoms with van der Waals surface area (Å²) in [7, 11) is -19.6. The number of benzene rings is 2. The maximum absolute atomic E-state index is 14.4. The van der Waals surface area contributed by atoms with Crippen LogP contribution in [0.25, 0.3) is 0 Å². The van der Waals surface area contributed by atoms with Crippen LogP contribution in [-0.4, -0.2) is 27.9 Å². The molecule has 1 fully saturated rings. The number of anilines is 2. The van der Waals surface area contributed by atoms with Crippen LogP contribution in [0.15, 0.2) is 24.3 Å². The molecule has 0 atom stereocenters. The molecule has 1 aliphatic heterocycles. The van der Waals surface area contributed by atoms with Gasteiger partial charge in [-0.3, -0.25) is 0 Å². The van der Waals surface area contributed by atoms with E-state index < -0.39 is 80.6 Å². The van der Waals surface area contributed by atoms with Gasteiger partial charge in [-0.1, -0.05) is 149 Å². The second-order valence-electron chi connectivity index (χ2n) is 20.4. The van der Waals surface area contributed by atoms with Crippen LogP contribution < -0.4 is 8.88 Å². The predicted octanol–water partition coefficient (Wildman–Crippen LogP) is 13.0. The van der Waals surface area contributed by atoms with Crippen molar-refractivity contribution in [1.82, 2.24) is 0 Å². The standard InChI is InChI=1S/C38H58F6N2O6P2S2/c1-31(2,3)23-19-25(33(7,8)9)29(26(20-23)34(10,11)12)45-53(51-55(47,48)37(39,40)41)46(54(45)52-56(49,50)38(42,43)44)30-27(35(13,14)15)21-24(32(4,5)6)22-28(30)36(16,17)18/h19-22H,1-18H3. The number of alkyl halides is 6. The average Bonchev–Trinajstić information content (AvgIpc) is 2.91. The van der Waals surface area contributed by atoms with Gasteiger partial charge in [0.2, 0.25) is 0 Å². The van der Waals surface area contributed by atoms with Crippen LogP contribution in [0.1, 0.15) is 158 Å². The fourth-order valence-electron chi connectivity index (χ4n) is 5.84. The van der Waals surface area contributed by atoms with Crippen LogP contribution in [0.4, 0.5) is 37.7 Å². The van der Waals surface area contributed by atoms with Crippen molar-refractivity contribution in [2.45, 2.75) is 168 Å². The van der Waals surface area contributed by atoms with Crippen molar-refractivity contribution in [2.75, 3.05) is 8.88 Å². The Morgan fingerprint density at radius 3 is 0.750 bits per heavy atom. The van der Waals surface area contributed by atoms with Gasteiger partial charge in [0.05, 0.1) is 11.4 Å². The number of nitrogens with zero attached hydrogens (tertiary/aromatic N) is 2. The van der Waals surface area contributed by atoms with E-state index in [1.165, 1.54) is 0 Å². The molecule has 2 aromatic carbocycles. The smallest absolute Gasteiger partial charge is 0.246 e. The van der Waals surface area contributed by atoms with Crippen LogP contribution in [0.5, 0.6) is 0 Å². The third-order valence-electron chi connectivity index (χ3n) is 9.13. The Morgan fingerprint density at radius 2 is 0.607 bits per heavy atom. The van der Waals surface area contributed by atoms with Gasteiger partial charge in [-0.2, -0.15) is 51.1 Å². The third kappa shape index (κ3) is 9.83. The van der Waals surface area contributed by atoms with Crippen LogP contribution in [0, 0.1) is 0 Å². The van der Waals surface area contributed by atoms with E-state index in [2.05, 4.69) is 0 Å². The Labute approximate surface area is 333 Å². The Kier molecular flexibility index (Phi) is 12.6. The van der Waals surface area contributed by atoms with Gasteiger partial charge < -0.3 is 0 Å². The van der Waals surface area contributed by atoms with Gasteiger partial charge in [0, 0.05) is 0 Å². The first-order valence-electron chi connectivity index (χ1n) is 18.0. The van der Waals surface area contributed by atoms with Crippen molar-refractivity contribution in [3.63, 3.8) is 0 Å². The Balaban J connectivity index is 2.80. The van der Waals surface area contributed by atoms with E-state index in [-0.39, 0.29) is 11.4 Å². The zero-order valence-corrected chi connectivity index (χ0v) is 39.1. The average molecular weight is 879 g/mol. The highest BCUT2D eigenvalue weighted by Crippen LogP contribution is 2.82. The van der Waals surface area contributed by atoms with Gasteiger partial charge in [0.15, 0.2) is 0 Å². The predicted molar refractivity (Wildman–Crippen MR) is 216 cm³/mol. The van der Waals surface area contributed by atoms with E-state index in [0.29, 0.717) is 22.3 Å². The number of hydrogen-bond donors (Lipinski definition) is 0. The molecule has 1 saturated heterocycles. The molecular formula is C38H58F6N2O6P2S2. The summed E-state index contributed by atoms with van der Waals surface area (Å²) in [4.78, 5) is 0. The molecule has 0 aliphatic carbocycles. The van der Waals surface area contributed by atoms with Crippen molar-refractivity contribution in [2.24, 2.45) is 0 Å². The molecule has 8 nitrogen and oxygen atoms in total. The number of halogens is 6. The summed E-state index contributed by atoms with van der Waals surface area (Å²) in [6, 6.07) is 7.07. The summed E-state index contributed by atoms with van der Waals surface area (Å²) in [5, 5.41) is 0. The van der Waals surface area contributed by atoms with Crippen molar-refractivity contribution in [3.05, 3.63) is 57.6 Å². The summed E-state index contributed by atoms with van der Waals surface area (Å²) in [6.45, 7) is 33.1. The molecule has 0 spiro atoms. The molecule has 18 heteroatoms. The molecule has 1 aliphatic rings. The van der Waals surface area contributed by atoms with Crippen LogP contribution in [-0.2, 0) is 60.7 Å². The maximum Gasteiger partial charge on any atom is 0.523 e. The van der Waals surface area contributed by atoms with Crippen LogP contribution in [0.3, 0.4) is 0 Å². The normalized spacial score (nSPS) is 18.7. The molecule has 0 N–H and O–H groups in total. The zero-order chi connectivity index (χ0) is 44.2. The molecule has 0 unspecified atom stereocenters. The van der Waals surface area contributed by atoms with E-state index in [1.54, 1.807) is 107 Å². The SMILES string of the molecule is CC(C)(C)c1cc(C(C)(C)C)c(N2P(OS(=O)(=O)C(F)(F)F)N(c3c(C(C)(C)C)cc(C(C)(C)C)cc3C(C)(C)C)P2OS(=O)(=O)C(F)(F)F)c(C(C)(C)C)c1. The highest BCUT2D eigenvalue weighted by molar-refractivity contribution is 8.02. The lowest BCUT2D eigenvalue weighted by atomic mass is 9.74. The second-order valence-corrected chi connectivity index (χ2v) is 27.6. The van der Waals surface area contributed by atoms with Crippen molar-refractivity contribution < 1.29 is 51.1 Å². The second kappa shape index (κ2) is 14.5. The maximum atomic E-state index is 14.4. The zero-order valence-electron chi connectivity index (χ0n) is 35.6. The van der Waals surface area contributed by atoms with Gasteiger partial charge in [0.25, 0.3) is 16.9 Å². The summed E-state index contributed by atoms with van der Waals surface area (Å²) < 4.78 is 151. The fraction of sp³-hybridized carbons (Fsp3) is 0.684. The Hall–Kier alpha value is -1.70. The van der Waals surface area contributed by atoms with Gasteiger partial charge in [-0.25, -0.2) is 8.88 Å².